The second-order valence-corrected chi connectivity index (χ2v) is 10.8. The summed E-state index contributed by atoms with van der Waals surface area (Å²) in [4.78, 5) is 12.2. The van der Waals surface area contributed by atoms with Gasteiger partial charge in [-0.1, -0.05) is 50.2 Å². The summed E-state index contributed by atoms with van der Waals surface area (Å²) in [5.41, 5.74) is 6.98. The van der Waals surface area contributed by atoms with E-state index < -0.39 is 0 Å². The van der Waals surface area contributed by atoms with Crippen LogP contribution >= 0.6 is 11.6 Å². The number of fused-ring (bicyclic) bond motifs is 2. The fourth-order valence-corrected chi connectivity index (χ4v) is 5.68. The van der Waals surface area contributed by atoms with Crippen LogP contribution in [0.5, 0.6) is 0 Å². The van der Waals surface area contributed by atoms with Crippen molar-refractivity contribution in [1.82, 2.24) is 19.7 Å². The van der Waals surface area contributed by atoms with Gasteiger partial charge in [0.15, 0.2) is 0 Å². The Morgan fingerprint density at radius 3 is 2.59 bits per heavy atom. The zero-order chi connectivity index (χ0) is 24.2. The molecular formula is C29H41ClN4. The quantitative estimate of drug-likeness (QED) is 0.423. The van der Waals surface area contributed by atoms with Gasteiger partial charge in [-0.25, -0.2) is 0 Å². The topological polar surface area (TPSA) is 22.6 Å². The molecule has 184 valence electrons. The lowest BCUT2D eigenvalue weighted by molar-refractivity contribution is 0.209. The first kappa shape index (κ1) is 25.1. The van der Waals surface area contributed by atoms with Gasteiger partial charge in [-0.15, -0.1) is 0 Å². The Kier molecular flexibility index (Phi) is 8.21. The molecule has 1 aromatic carbocycles. The van der Waals surface area contributed by atoms with Gasteiger partial charge in [0.2, 0.25) is 0 Å². The minimum Gasteiger partial charge on any atom is -0.372 e. The number of hydrogen-bond acceptors (Lipinski definition) is 4. The molecule has 0 spiro atoms. The number of unbranched alkanes of at least 4 members (excludes halogenated alkanes) is 1. The van der Waals surface area contributed by atoms with Crippen LogP contribution in [0.4, 0.5) is 0 Å². The van der Waals surface area contributed by atoms with E-state index in [1.54, 1.807) is 0 Å². The van der Waals surface area contributed by atoms with Crippen LogP contribution in [0.15, 0.2) is 37.1 Å². The van der Waals surface area contributed by atoms with Crippen LogP contribution in [0, 0.1) is 5.92 Å². The summed E-state index contributed by atoms with van der Waals surface area (Å²) in [6.45, 7) is 16.1. The first-order chi connectivity index (χ1) is 16.4. The smallest absolute Gasteiger partial charge is 0.0727 e. The van der Waals surface area contributed by atoms with Crippen molar-refractivity contribution in [2.75, 3.05) is 46.8 Å². The normalized spacial score (nSPS) is 18.4. The molecule has 4 nitrogen and oxygen atoms in total. The number of nitrogens with zero attached hydrogens (tertiary/aromatic N) is 4. The lowest BCUT2D eigenvalue weighted by Crippen LogP contribution is -2.44. The highest BCUT2D eigenvalue weighted by Gasteiger charge is 2.24. The van der Waals surface area contributed by atoms with E-state index in [-0.39, 0.29) is 0 Å². The van der Waals surface area contributed by atoms with Crippen LogP contribution in [-0.2, 0) is 12.8 Å². The van der Waals surface area contributed by atoms with Crippen LogP contribution < -0.4 is 0 Å². The summed E-state index contributed by atoms with van der Waals surface area (Å²) in [7, 11) is 4.29. The Balaban J connectivity index is 1.45. The van der Waals surface area contributed by atoms with Gasteiger partial charge in [0, 0.05) is 48.7 Å². The molecule has 0 amide bonds. The predicted octanol–water partition coefficient (Wildman–Crippen LogP) is 6.24. The van der Waals surface area contributed by atoms with Gasteiger partial charge in [0.25, 0.3) is 0 Å². The molecule has 2 aromatic rings. The van der Waals surface area contributed by atoms with E-state index in [9.17, 15) is 0 Å². The molecule has 1 saturated heterocycles. The van der Waals surface area contributed by atoms with Gasteiger partial charge in [-0.05, 0) is 82.3 Å². The zero-order valence-electron chi connectivity index (χ0n) is 21.4. The molecule has 0 radical (unpaired) electrons. The molecule has 0 bridgehead atoms. The minimum absolute atomic E-state index is 0.697. The molecule has 0 saturated carbocycles. The molecule has 1 aliphatic heterocycles. The second kappa shape index (κ2) is 11.1. The monoisotopic (exact) mass is 480 g/mol. The van der Waals surface area contributed by atoms with E-state index in [2.05, 4.69) is 67.1 Å². The molecular weight excluding hydrogens is 440 g/mol. The Morgan fingerprint density at radius 1 is 1.15 bits per heavy atom. The maximum atomic E-state index is 6.95. The van der Waals surface area contributed by atoms with E-state index in [4.69, 9.17) is 16.6 Å². The number of hydrogen-bond donors (Lipinski definition) is 0. The van der Waals surface area contributed by atoms with Crippen LogP contribution in [0.2, 0.25) is 5.02 Å². The summed E-state index contributed by atoms with van der Waals surface area (Å²) in [5, 5.41) is 1.98. The molecule has 1 atom stereocenters. The van der Waals surface area contributed by atoms with E-state index in [1.807, 2.05) is 0 Å². The zero-order valence-corrected chi connectivity index (χ0v) is 22.1. The van der Waals surface area contributed by atoms with Gasteiger partial charge in [-0.2, -0.15) is 0 Å². The van der Waals surface area contributed by atoms with Gasteiger partial charge >= 0.3 is 0 Å². The Labute approximate surface area is 211 Å². The Morgan fingerprint density at radius 2 is 1.88 bits per heavy atom. The summed E-state index contributed by atoms with van der Waals surface area (Å²) >= 11 is 6.95. The Bertz CT molecular complexity index is 1040. The van der Waals surface area contributed by atoms with E-state index >= 15 is 0 Å². The number of allylic oxidation sites excluding steroid dienone is 1. The van der Waals surface area contributed by atoms with Crippen LogP contribution in [0.1, 0.15) is 55.8 Å². The summed E-state index contributed by atoms with van der Waals surface area (Å²) in [6, 6.07) is 6.51. The predicted molar refractivity (Wildman–Crippen MR) is 146 cm³/mol. The van der Waals surface area contributed by atoms with Gasteiger partial charge in [0.05, 0.1) is 10.5 Å². The standard InChI is InChI=1S/C29H41ClN4/c1-6-7-8-21(2)33-15-17-34(18-16-33)22(3)24-10-11-25-28(20-24)31-27-12-9-23(13-14-32(4)5)19-26(27)29(25)30/h10-11,20,23H,2-3,6-9,12-19H2,1,4-5H3. The summed E-state index contributed by atoms with van der Waals surface area (Å²) < 4.78 is 0. The van der Waals surface area contributed by atoms with Gasteiger partial charge in [0.1, 0.15) is 0 Å². The molecule has 2 aliphatic rings. The summed E-state index contributed by atoms with van der Waals surface area (Å²) in [5.74, 6) is 0.697. The number of rotatable bonds is 9. The summed E-state index contributed by atoms with van der Waals surface area (Å²) in [6.07, 6.45) is 8.05. The lowest BCUT2D eigenvalue weighted by atomic mass is 9.84. The lowest BCUT2D eigenvalue weighted by Gasteiger charge is -2.39. The molecule has 4 rings (SSSR count). The fraction of sp³-hybridized carbons (Fsp3) is 0.552. The third-order valence-corrected chi connectivity index (χ3v) is 8.06. The molecule has 0 N–H and O–H groups in total. The molecule has 5 heteroatoms. The molecule has 1 fully saturated rings. The van der Waals surface area contributed by atoms with Crippen LogP contribution in [0.3, 0.4) is 0 Å². The van der Waals surface area contributed by atoms with Crippen molar-refractivity contribution < 1.29 is 0 Å². The van der Waals surface area contributed by atoms with Crippen molar-refractivity contribution in [3.05, 3.63) is 58.9 Å². The highest BCUT2D eigenvalue weighted by Crippen LogP contribution is 2.36. The third kappa shape index (κ3) is 5.60. The van der Waals surface area contributed by atoms with Crippen LogP contribution in [-0.4, -0.2) is 66.5 Å². The second-order valence-electron chi connectivity index (χ2n) is 10.4. The maximum absolute atomic E-state index is 6.95. The van der Waals surface area contributed by atoms with Crippen molar-refractivity contribution >= 4 is 28.2 Å². The molecule has 34 heavy (non-hydrogen) atoms. The first-order valence-corrected chi connectivity index (χ1v) is 13.4. The third-order valence-electron chi connectivity index (χ3n) is 7.63. The number of pyridine rings is 1. The van der Waals surface area contributed by atoms with Crippen molar-refractivity contribution in [3.8, 4) is 0 Å². The largest absolute Gasteiger partial charge is 0.372 e. The van der Waals surface area contributed by atoms with Gasteiger partial charge < -0.3 is 14.7 Å². The molecule has 1 aliphatic carbocycles. The number of benzene rings is 1. The van der Waals surface area contributed by atoms with Crippen LogP contribution in [0.25, 0.3) is 16.6 Å². The average molecular weight is 481 g/mol. The van der Waals surface area contributed by atoms with Crippen molar-refractivity contribution in [3.63, 3.8) is 0 Å². The molecule has 1 aromatic heterocycles. The Hall–Kier alpha value is -2.04. The number of aromatic nitrogens is 1. The van der Waals surface area contributed by atoms with E-state index in [0.29, 0.717) is 5.92 Å². The van der Waals surface area contributed by atoms with Crippen molar-refractivity contribution in [1.29, 1.82) is 0 Å². The molecule has 1 unspecified atom stereocenters. The SMILES string of the molecule is C=C(CCCC)N1CCN(C(=C)c2ccc3c(Cl)c4c(nc3c2)CCC(CCN(C)C)C4)CC1. The van der Waals surface area contributed by atoms with Crippen molar-refractivity contribution in [2.45, 2.75) is 51.9 Å². The number of piperazine rings is 1. The minimum atomic E-state index is 0.697. The highest BCUT2D eigenvalue weighted by molar-refractivity contribution is 6.36. The fourth-order valence-electron chi connectivity index (χ4n) is 5.34. The van der Waals surface area contributed by atoms with E-state index in [1.165, 1.54) is 42.6 Å². The van der Waals surface area contributed by atoms with E-state index in [0.717, 1.165) is 79.2 Å². The number of halogens is 1. The average Bonchev–Trinajstić information content (AvgIpc) is 2.85. The van der Waals surface area contributed by atoms with Gasteiger partial charge in [-0.3, -0.25) is 4.98 Å². The number of aryl methyl sites for hydroxylation is 1. The molecule has 2 heterocycles. The van der Waals surface area contributed by atoms with Crippen molar-refractivity contribution in [2.24, 2.45) is 5.92 Å². The maximum Gasteiger partial charge on any atom is 0.0727 e. The first-order valence-electron chi connectivity index (χ1n) is 13.0. The highest BCUT2D eigenvalue weighted by atomic mass is 35.5.